The number of methoxy groups -OCH3 is 2. The van der Waals surface area contributed by atoms with Gasteiger partial charge in [0.25, 0.3) is 6.01 Å². The minimum atomic E-state index is 0.305. The third-order valence-electron chi connectivity index (χ3n) is 5.15. The number of oxazole rings is 1. The number of hydrogen-bond acceptors (Lipinski definition) is 7. The number of rotatable bonds is 9. The van der Waals surface area contributed by atoms with Crippen LogP contribution in [0.25, 0.3) is 22.0 Å². The number of unbranched alkanes of at least 4 members (excludes halogenated alkanes) is 1. The minimum Gasteiger partial charge on any atom is -0.493 e. The van der Waals surface area contributed by atoms with Crippen LogP contribution in [0.5, 0.6) is 23.0 Å². The zero-order chi connectivity index (χ0) is 21.8. The summed E-state index contributed by atoms with van der Waals surface area (Å²) in [6.45, 7) is 4.32. The van der Waals surface area contributed by atoms with Crippen molar-refractivity contribution < 1.29 is 18.6 Å². The zero-order valence-corrected chi connectivity index (χ0v) is 18.3. The summed E-state index contributed by atoms with van der Waals surface area (Å²) in [7, 11) is 3.21. The lowest BCUT2D eigenvalue weighted by Gasteiger charge is -2.12. The molecule has 2 heterocycles. The van der Waals surface area contributed by atoms with Crippen molar-refractivity contribution in [3.63, 3.8) is 0 Å². The van der Waals surface area contributed by atoms with Crippen LogP contribution in [-0.2, 0) is 0 Å². The summed E-state index contributed by atoms with van der Waals surface area (Å²) in [5.74, 6) is 2.57. The van der Waals surface area contributed by atoms with E-state index in [0.29, 0.717) is 40.6 Å². The average Bonchev–Trinajstić information content (AvgIpc) is 3.18. The molecular formula is C24H27N3O4. The standard InChI is InChI=1S/C24H27N3O4/c1-5-6-7-15(2)26-24-27-19-12-16(8-9-21(19)31-24)30-20-10-11-25-18-14-23(29-4)22(28-3)13-17(18)20/h8-15H,5-7H2,1-4H3,(H,26,27). The Morgan fingerprint density at radius 3 is 2.58 bits per heavy atom. The van der Waals surface area contributed by atoms with Gasteiger partial charge < -0.3 is 23.9 Å². The quantitative estimate of drug-likeness (QED) is 0.346. The van der Waals surface area contributed by atoms with Crippen LogP contribution in [0.3, 0.4) is 0 Å². The van der Waals surface area contributed by atoms with Crippen LogP contribution >= 0.6 is 0 Å². The summed E-state index contributed by atoms with van der Waals surface area (Å²) < 4.78 is 22.8. The van der Waals surface area contributed by atoms with Gasteiger partial charge in [0.2, 0.25) is 0 Å². The molecule has 31 heavy (non-hydrogen) atoms. The second kappa shape index (κ2) is 9.12. The van der Waals surface area contributed by atoms with E-state index in [1.165, 1.54) is 12.8 Å². The van der Waals surface area contributed by atoms with Gasteiger partial charge in [0.05, 0.1) is 19.7 Å². The second-order valence-corrected chi connectivity index (χ2v) is 7.47. The van der Waals surface area contributed by atoms with E-state index in [9.17, 15) is 0 Å². The van der Waals surface area contributed by atoms with Gasteiger partial charge in [0, 0.05) is 29.8 Å². The first-order valence-corrected chi connectivity index (χ1v) is 10.5. The summed E-state index contributed by atoms with van der Waals surface area (Å²) >= 11 is 0. The molecule has 1 unspecified atom stereocenters. The van der Waals surface area contributed by atoms with E-state index in [0.717, 1.165) is 22.8 Å². The third-order valence-corrected chi connectivity index (χ3v) is 5.15. The number of nitrogens with zero attached hydrogens (tertiary/aromatic N) is 2. The van der Waals surface area contributed by atoms with Gasteiger partial charge in [-0.1, -0.05) is 19.8 Å². The SMILES string of the molecule is CCCCC(C)Nc1nc2cc(Oc3ccnc4cc(OC)c(OC)cc34)ccc2o1. The van der Waals surface area contributed by atoms with Crippen molar-refractivity contribution in [1.29, 1.82) is 0 Å². The van der Waals surface area contributed by atoms with Gasteiger partial charge in [0.1, 0.15) is 17.0 Å². The Hall–Kier alpha value is -3.48. The number of aromatic nitrogens is 2. The van der Waals surface area contributed by atoms with Crippen molar-refractivity contribution in [1.82, 2.24) is 9.97 Å². The maximum absolute atomic E-state index is 6.18. The van der Waals surface area contributed by atoms with Crippen LogP contribution in [0.15, 0.2) is 47.0 Å². The van der Waals surface area contributed by atoms with E-state index in [2.05, 4.69) is 29.1 Å². The van der Waals surface area contributed by atoms with Crippen LogP contribution in [0.1, 0.15) is 33.1 Å². The van der Waals surface area contributed by atoms with Crippen LogP contribution in [0.2, 0.25) is 0 Å². The van der Waals surface area contributed by atoms with Gasteiger partial charge in [0.15, 0.2) is 17.1 Å². The molecule has 0 radical (unpaired) electrons. The van der Waals surface area contributed by atoms with Crippen LogP contribution in [0, 0.1) is 0 Å². The maximum atomic E-state index is 6.18. The predicted octanol–water partition coefficient (Wildman–Crippen LogP) is 6.18. The minimum absolute atomic E-state index is 0.305. The second-order valence-electron chi connectivity index (χ2n) is 7.47. The van der Waals surface area contributed by atoms with Crippen molar-refractivity contribution in [2.45, 2.75) is 39.2 Å². The van der Waals surface area contributed by atoms with Crippen molar-refractivity contribution in [2.24, 2.45) is 0 Å². The molecule has 0 aliphatic heterocycles. The lowest BCUT2D eigenvalue weighted by molar-refractivity contribution is 0.355. The van der Waals surface area contributed by atoms with Gasteiger partial charge in [-0.05, 0) is 37.6 Å². The van der Waals surface area contributed by atoms with Gasteiger partial charge in [-0.3, -0.25) is 4.98 Å². The maximum Gasteiger partial charge on any atom is 0.295 e. The average molecular weight is 421 g/mol. The molecule has 0 amide bonds. The molecule has 4 rings (SSSR count). The fourth-order valence-corrected chi connectivity index (χ4v) is 3.49. The zero-order valence-electron chi connectivity index (χ0n) is 18.3. The number of pyridine rings is 1. The Balaban J connectivity index is 1.60. The van der Waals surface area contributed by atoms with Gasteiger partial charge in [-0.2, -0.15) is 4.98 Å². The van der Waals surface area contributed by atoms with E-state index >= 15 is 0 Å². The number of benzene rings is 2. The fraction of sp³-hybridized carbons (Fsp3) is 0.333. The predicted molar refractivity (Wildman–Crippen MR) is 122 cm³/mol. The first kappa shape index (κ1) is 20.8. The lowest BCUT2D eigenvalue weighted by atomic mass is 10.1. The molecule has 1 N–H and O–H groups in total. The number of ether oxygens (including phenoxy) is 3. The first-order valence-electron chi connectivity index (χ1n) is 10.5. The molecule has 0 saturated carbocycles. The normalized spacial score (nSPS) is 12.1. The van der Waals surface area contributed by atoms with Gasteiger partial charge in [-0.25, -0.2) is 0 Å². The summed E-state index contributed by atoms with van der Waals surface area (Å²) in [4.78, 5) is 8.99. The molecule has 7 heteroatoms. The molecule has 0 spiro atoms. The molecule has 2 aromatic carbocycles. The summed E-state index contributed by atoms with van der Waals surface area (Å²) in [6.07, 6.45) is 5.12. The molecule has 0 bridgehead atoms. The summed E-state index contributed by atoms with van der Waals surface area (Å²) in [5.41, 5.74) is 2.20. The van der Waals surface area contributed by atoms with Crippen LogP contribution < -0.4 is 19.5 Å². The molecule has 4 aromatic rings. The number of hydrogen-bond donors (Lipinski definition) is 1. The Kier molecular flexibility index (Phi) is 6.11. The van der Waals surface area contributed by atoms with Crippen LogP contribution in [-0.4, -0.2) is 30.2 Å². The molecule has 0 aliphatic rings. The van der Waals surface area contributed by atoms with E-state index < -0.39 is 0 Å². The highest BCUT2D eigenvalue weighted by molar-refractivity contribution is 5.88. The first-order chi connectivity index (χ1) is 15.1. The molecule has 0 fully saturated rings. The van der Waals surface area contributed by atoms with Gasteiger partial charge >= 0.3 is 0 Å². The Morgan fingerprint density at radius 2 is 1.81 bits per heavy atom. The monoisotopic (exact) mass is 421 g/mol. The topological polar surface area (TPSA) is 78.6 Å². The smallest absolute Gasteiger partial charge is 0.295 e. The molecule has 1 atom stereocenters. The molecule has 0 saturated heterocycles. The highest BCUT2D eigenvalue weighted by atomic mass is 16.5. The highest BCUT2D eigenvalue weighted by Crippen LogP contribution is 2.37. The lowest BCUT2D eigenvalue weighted by Crippen LogP contribution is -2.14. The molecular weight excluding hydrogens is 394 g/mol. The molecule has 162 valence electrons. The van der Waals surface area contributed by atoms with E-state index in [-0.39, 0.29) is 0 Å². The fourth-order valence-electron chi connectivity index (χ4n) is 3.49. The molecule has 2 aromatic heterocycles. The van der Waals surface area contributed by atoms with Crippen molar-refractivity contribution in [2.75, 3.05) is 19.5 Å². The Labute approximate surface area is 181 Å². The Bertz CT molecular complexity index is 1190. The van der Waals surface area contributed by atoms with E-state index in [4.69, 9.17) is 18.6 Å². The van der Waals surface area contributed by atoms with Gasteiger partial charge in [-0.15, -0.1) is 0 Å². The summed E-state index contributed by atoms with van der Waals surface area (Å²) in [5, 5.41) is 4.16. The summed E-state index contributed by atoms with van der Waals surface area (Å²) in [6, 6.07) is 12.0. The Morgan fingerprint density at radius 1 is 1.00 bits per heavy atom. The highest BCUT2D eigenvalue weighted by Gasteiger charge is 2.13. The number of nitrogens with one attached hydrogen (secondary N) is 1. The molecule has 7 nitrogen and oxygen atoms in total. The van der Waals surface area contributed by atoms with Crippen molar-refractivity contribution >= 4 is 28.0 Å². The third kappa shape index (κ3) is 4.50. The van der Waals surface area contributed by atoms with Crippen molar-refractivity contribution in [3.05, 3.63) is 42.6 Å². The largest absolute Gasteiger partial charge is 0.493 e. The van der Waals surface area contributed by atoms with Crippen molar-refractivity contribution in [3.8, 4) is 23.0 Å². The number of anilines is 1. The van der Waals surface area contributed by atoms with Crippen LogP contribution in [0.4, 0.5) is 6.01 Å². The van der Waals surface area contributed by atoms with E-state index in [1.807, 2.05) is 36.4 Å². The number of fused-ring (bicyclic) bond motifs is 2. The van der Waals surface area contributed by atoms with E-state index in [1.54, 1.807) is 20.4 Å². The molecule has 0 aliphatic carbocycles.